The van der Waals surface area contributed by atoms with Gasteiger partial charge in [-0.3, -0.25) is 4.79 Å². The first kappa shape index (κ1) is 27.3. The second-order valence-corrected chi connectivity index (χ2v) is 12.6. The summed E-state index contributed by atoms with van der Waals surface area (Å²) in [5, 5.41) is 16.1. The molecule has 1 aliphatic carbocycles. The summed E-state index contributed by atoms with van der Waals surface area (Å²) in [5.41, 5.74) is 4.55. The quantitative estimate of drug-likeness (QED) is 0.249. The Hall–Kier alpha value is -2.30. The molecule has 0 radical (unpaired) electrons. The number of hydrogen-bond donors (Lipinski definition) is 4. The summed E-state index contributed by atoms with van der Waals surface area (Å²) in [5.74, 6) is 1.04. The van der Waals surface area contributed by atoms with Crippen molar-refractivity contribution in [2.45, 2.75) is 50.2 Å². The van der Waals surface area contributed by atoms with Crippen LogP contribution in [0.5, 0.6) is 5.88 Å². The lowest BCUT2D eigenvalue weighted by Gasteiger charge is -2.35. The summed E-state index contributed by atoms with van der Waals surface area (Å²) in [6.45, 7) is 3.52. The minimum Gasteiger partial charge on any atom is -0.475 e. The van der Waals surface area contributed by atoms with E-state index >= 15 is 0 Å². The van der Waals surface area contributed by atoms with Crippen molar-refractivity contribution in [3.05, 3.63) is 36.0 Å². The second-order valence-electron chi connectivity index (χ2n) is 10.5. The highest BCUT2D eigenvalue weighted by molar-refractivity contribution is 8.00. The van der Waals surface area contributed by atoms with Crippen molar-refractivity contribution in [1.82, 2.24) is 4.98 Å². The maximum atomic E-state index is 13.6. The van der Waals surface area contributed by atoms with Crippen molar-refractivity contribution >= 4 is 52.4 Å². The van der Waals surface area contributed by atoms with Gasteiger partial charge in [-0.15, -0.1) is 0 Å². The summed E-state index contributed by atoms with van der Waals surface area (Å²) in [7, 11) is 0. The third-order valence-electron chi connectivity index (χ3n) is 7.86. The molecule has 2 aromatic rings. The molecule has 1 unspecified atom stereocenters. The number of nitrogens with zero attached hydrogens (tertiary/aromatic N) is 2. The van der Waals surface area contributed by atoms with E-state index in [1.165, 1.54) is 37.6 Å². The molecule has 2 fully saturated rings. The van der Waals surface area contributed by atoms with E-state index in [1.807, 2.05) is 30.0 Å². The Morgan fingerprint density at radius 1 is 1.21 bits per heavy atom. The zero-order valence-electron chi connectivity index (χ0n) is 22.1. The number of carbonyl (C=O) groups is 1. The monoisotopic (exact) mass is 557 g/mol. The highest BCUT2D eigenvalue weighted by atomic mass is 32.2. The number of hydrogen-bond acceptors (Lipinski definition) is 9. The molecule has 1 aromatic heterocycles. The number of aliphatic hydroxyl groups is 1. The zero-order chi connectivity index (χ0) is 26.4. The molecule has 5 rings (SSSR count). The SMILES string of the molecule is CSC1CCCCNc2cc(NC(=O)c3ccc(NSCCO)cc3N3CCC4(CC3)CC4)cnc2OC1. The third-order valence-corrected chi connectivity index (χ3v) is 9.67. The van der Waals surface area contributed by atoms with Crippen LogP contribution < -0.4 is 25.0 Å². The van der Waals surface area contributed by atoms with E-state index in [0.29, 0.717) is 40.2 Å². The molecule has 206 valence electrons. The number of nitrogens with one attached hydrogen (secondary N) is 3. The molecule has 3 aliphatic rings. The lowest BCUT2D eigenvalue weighted by atomic mass is 9.93. The van der Waals surface area contributed by atoms with Gasteiger partial charge >= 0.3 is 0 Å². The summed E-state index contributed by atoms with van der Waals surface area (Å²) >= 11 is 3.30. The number of pyridine rings is 1. The van der Waals surface area contributed by atoms with Crippen LogP contribution in [0.15, 0.2) is 30.5 Å². The third kappa shape index (κ3) is 6.82. The summed E-state index contributed by atoms with van der Waals surface area (Å²) in [6.07, 6.45) is 12.2. The molecule has 1 amide bonds. The molecule has 1 aromatic carbocycles. The number of anilines is 4. The van der Waals surface area contributed by atoms with Crippen LogP contribution in [-0.2, 0) is 0 Å². The number of amides is 1. The lowest BCUT2D eigenvalue weighted by molar-refractivity contribution is 0.102. The maximum Gasteiger partial charge on any atom is 0.257 e. The minimum atomic E-state index is -0.147. The van der Waals surface area contributed by atoms with Gasteiger partial charge in [0.15, 0.2) is 0 Å². The van der Waals surface area contributed by atoms with Crippen molar-refractivity contribution in [1.29, 1.82) is 0 Å². The van der Waals surface area contributed by atoms with Crippen molar-refractivity contribution in [3.8, 4) is 5.88 Å². The van der Waals surface area contributed by atoms with E-state index < -0.39 is 0 Å². The predicted octanol–water partition coefficient (Wildman–Crippen LogP) is 5.47. The van der Waals surface area contributed by atoms with E-state index in [4.69, 9.17) is 9.84 Å². The number of carbonyl (C=O) groups excluding carboxylic acids is 1. The summed E-state index contributed by atoms with van der Waals surface area (Å²) in [4.78, 5) is 20.5. The van der Waals surface area contributed by atoms with Crippen LogP contribution in [0.1, 0.15) is 55.3 Å². The molecule has 3 heterocycles. The van der Waals surface area contributed by atoms with Crippen LogP contribution in [-0.4, -0.2) is 66.1 Å². The van der Waals surface area contributed by atoms with Crippen LogP contribution in [0.25, 0.3) is 0 Å². The molecular formula is C28H39N5O3S2. The molecule has 8 nitrogen and oxygen atoms in total. The molecule has 2 aliphatic heterocycles. The first-order valence-corrected chi connectivity index (χ1v) is 15.9. The van der Waals surface area contributed by atoms with Crippen molar-refractivity contribution in [2.75, 3.05) is 65.1 Å². The molecule has 1 saturated carbocycles. The first-order valence-electron chi connectivity index (χ1n) is 13.7. The number of aliphatic hydroxyl groups excluding tert-OH is 1. The van der Waals surface area contributed by atoms with Crippen molar-refractivity contribution < 1.29 is 14.6 Å². The number of piperidine rings is 1. The van der Waals surface area contributed by atoms with Gasteiger partial charge in [-0.1, -0.05) is 18.4 Å². The van der Waals surface area contributed by atoms with Crippen LogP contribution in [0.2, 0.25) is 0 Å². The van der Waals surface area contributed by atoms with Gasteiger partial charge in [0.1, 0.15) is 6.61 Å². The molecule has 10 heteroatoms. The standard InChI is InChI=1S/C28H39N5O3S2/c1-37-22-4-2-3-11-29-24-16-21(18-30-27(24)36-19-22)31-26(35)23-6-5-20(32-38-15-14-34)17-25(23)33-12-9-28(7-8-28)10-13-33/h5-6,16-18,22,29,32,34H,2-4,7-15,19H2,1H3,(H,31,35). The largest absolute Gasteiger partial charge is 0.475 e. The molecule has 0 bridgehead atoms. The Morgan fingerprint density at radius 2 is 2.05 bits per heavy atom. The van der Waals surface area contributed by atoms with Gasteiger partial charge in [0.2, 0.25) is 5.88 Å². The molecule has 4 N–H and O–H groups in total. The molecule has 1 spiro atoms. The maximum absolute atomic E-state index is 13.6. The van der Waals surface area contributed by atoms with Crippen LogP contribution in [0.4, 0.5) is 22.7 Å². The number of fused-ring (bicyclic) bond motifs is 1. The number of ether oxygens (including phenoxy) is 1. The smallest absolute Gasteiger partial charge is 0.257 e. The second kappa shape index (κ2) is 12.7. The Balaban J connectivity index is 1.33. The number of aromatic nitrogens is 1. The van der Waals surface area contributed by atoms with Gasteiger partial charge < -0.3 is 30.1 Å². The van der Waals surface area contributed by atoms with Crippen LogP contribution in [0.3, 0.4) is 0 Å². The van der Waals surface area contributed by atoms with Gasteiger partial charge in [0, 0.05) is 36.3 Å². The van der Waals surface area contributed by atoms with E-state index in [-0.39, 0.29) is 12.5 Å². The first-order chi connectivity index (χ1) is 18.6. The fraction of sp³-hybridized carbons (Fsp3) is 0.571. The predicted molar refractivity (Wildman–Crippen MR) is 160 cm³/mol. The number of thioether (sulfide) groups is 1. The normalized spacial score (nSPS) is 20.6. The van der Waals surface area contributed by atoms with Gasteiger partial charge in [0.05, 0.1) is 35.4 Å². The average Bonchev–Trinajstić information content (AvgIpc) is 3.70. The Morgan fingerprint density at radius 3 is 2.82 bits per heavy atom. The Kier molecular flexibility index (Phi) is 9.12. The fourth-order valence-corrected chi connectivity index (χ4v) is 6.34. The van der Waals surface area contributed by atoms with Gasteiger partial charge in [0.25, 0.3) is 5.91 Å². The zero-order valence-corrected chi connectivity index (χ0v) is 23.8. The Labute approximate surface area is 234 Å². The Bertz CT molecular complexity index is 1100. The lowest BCUT2D eigenvalue weighted by Crippen LogP contribution is -2.35. The van der Waals surface area contributed by atoms with Crippen LogP contribution in [0, 0.1) is 5.41 Å². The molecule has 1 atom stereocenters. The van der Waals surface area contributed by atoms with E-state index in [2.05, 4.69) is 37.6 Å². The van der Waals surface area contributed by atoms with Crippen LogP contribution >= 0.6 is 23.7 Å². The fourth-order valence-electron chi connectivity index (χ4n) is 5.25. The van der Waals surface area contributed by atoms with Gasteiger partial charge in [-0.25, -0.2) is 4.98 Å². The van der Waals surface area contributed by atoms with Crippen molar-refractivity contribution in [3.63, 3.8) is 0 Å². The number of rotatable bonds is 8. The molecule has 1 saturated heterocycles. The average molecular weight is 558 g/mol. The van der Waals surface area contributed by atoms with Gasteiger partial charge in [-0.2, -0.15) is 11.8 Å². The van der Waals surface area contributed by atoms with E-state index in [9.17, 15) is 4.79 Å². The van der Waals surface area contributed by atoms with Crippen molar-refractivity contribution in [2.24, 2.45) is 5.41 Å². The molecule has 38 heavy (non-hydrogen) atoms. The molecular weight excluding hydrogens is 518 g/mol. The highest BCUT2D eigenvalue weighted by Gasteiger charge is 2.44. The van der Waals surface area contributed by atoms with E-state index in [0.717, 1.165) is 56.0 Å². The number of benzene rings is 1. The van der Waals surface area contributed by atoms with E-state index in [1.54, 1.807) is 6.20 Å². The van der Waals surface area contributed by atoms with Gasteiger partial charge in [-0.05, 0) is 74.5 Å². The highest BCUT2D eigenvalue weighted by Crippen LogP contribution is 2.54. The minimum absolute atomic E-state index is 0.117. The summed E-state index contributed by atoms with van der Waals surface area (Å²) < 4.78 is 9.34. The topological polar surface area (TPSA) is 98.8 Å². The summed E-state index contributed by atoms with van der Waals surface area (Å²) in [6, 6.07) is 7.81.